The van der Waals surface area contributed by atoms with E-state index < -0.39 is 0 Å². The molecule has 0 spiro atoms. The molecule has 25 heavy (non-hydrogen) atoms. The molecule has 0 aliphatic heterocycles. The fourth-order valence-electron chi connectivity index (χ4n) is 3.17. The van der Waals surface area contributed by atoms with Gasteiger partial charge < -0.3 is 10.4 Å². The quantitative estimate of drug-likeness (QED) is 0.766. The molecule has 128 valence electrons. The maximum atomic E-state index is 9.63. The molecule has 3 aromatic heterocycles. The van der Waals surface area contributed by atoms with E-state index in [1.807, 2.05) is 53.3 Å². The van der Waals surface area contributed by atoms with Crippen molar-refractivity contribution in [3.05, 3.63) is 54.1 Å². The number of aliphatic hydroxyl groups excluding tert-OH is 1. The Morgan fingerprint density at radius 1 is 1.08 bits per heavy atom. The molecule has 1 aliphatic rings. The van der Waals surface area contributed by atoms with Crippen molar-refractivity contribution in [1.29, 1.82) is 0 Å². The summed E-state index contributed by atoms with van der Waals surface area (Å²) in [5, 5.41) is 17.8. The van der Waals surface area contributed by atoms with E-state index in [2.05, 4.69) is 20.4 Å². The maximum absolute atomic E-state index is 9.63. The molecule has 4 rings (SSSR count). The van der Waals surface area contributed by atoms with E-state index in [1.54, 1.807) is 6.20 Å². The highest BCUT2D eigenvalue weighted by Gasteiger charge is 2.19. The Morgan fingerprint density at radius 2 is 1.96 bits per heavy atom. The number of fused-ring (bicyclic) bond motifs is 1. The van der Waals surface area contributed by atoms with Crippen molar-refractivity contribution in [3.63, 3.8) is 0 Å². The van der Waals surface area contributed by atoms with Crippen molar-refractivity contribution in [1.82, 2.24) is 19.6 Å². The van der Waals surface area contributed by atoms with Crippen LogP contribution in [-0.4, -0.2) is 36.8 Å². The summed E-state index contributed by atoms with van der Waals surface area (Å²) >= 11 is 0. The predicted molar refractivity (Wildman–Crippen MR) is 98.0 cm³/mol. The molecule has 3 aromatic rings. The maximum Gasteiger partial charge on any atom is 0.154 e. The highest BCUT2D eigenvalue weighted by molar-refractivity contribution is 5.68. The Hall–Kier alpha value is -2.73. The van der Waals surface area contributed by atoms with Gasteiger partial charge in [-0.1, -0.05) is 12.1 Å². The molecule has 6 heteroatoms. The molecular formula is C19H21N5O. The number of nitrogens with one attached hydrogen (secondary N) is 1. The number of nitrogens with zero attached hydrogens (tertiary/aromatic N) is 4. The van der Waals surface area contributed by atoms with Gasteiger partial charge in [-0.2, -0.15) is 0 Å². The second-order valence-corrected chi connectivity index (χ2v) is 6.44. The largest absolute Gasteiger partial charge is 0.393 e. The first-order valence-corrected chi connectivity index (χ1v) is 8.65. The fraction of sp³-hybridized carbons (Fsp3) is 0.316. The summed E-state index contributed by atoms with van der Waals surface area (Å²) in [6.07, 6.45) is 12.9. The topological polar surface area (TPSA) is 75.3 Å². The molecular weight excluding hydrogens is 314 g/mol. The summed E-state index contributed by atoms with van der Waals surface area (Å²) in [4.78, 5) is 8.52. The zero-order chi connectivity index (χ0) is 17.1. The monoisotopic (exact) mass is 335 g/mol. The lowest BCUT2D eigenvalue weighted by Crippen LogP contribution is -2.28. The van der Waals surface area contributed by atoms with Crippen LogP contribution in [0.1, 0.15) is 36.9 Å². The Bertz CT molecular complexity index is 866. The van der Waals surface area contributed by atoms with Crippen LogP contribution >= 0.6 is 0 Å². The highest BCUT2D eigenvalue weighted by atomic mass is 16.3. The van der Waals surface area contributed by atoms with Crippen LogP contribution in [-0.2, 0) is 0 Å². The number of pyridine rings is 1. The fourth-order valence-corrected chi connectivity index (χ4v) is 3.17. The van der Waals surface area contributed by atoms with Gasteiger partial charge in [-0.05, 0) is 55.5 Å². The van der Waals surface area contributed by atoms with Gasteiger partial charge in [0.1, 0.15) is 5.82 Å². The summed E-state index contributed by atoms with van der Waals surface area (Å²) in [5.41, 5.74) is 2.77. The molecule has 6 nitrogen and oxygen atoms in total. The first kappa shape index (κ1) is 15.8. The Morgan fingerprint density at radius 3 is 2.76 bits per heavy atom. The first-order valence-electron chi connectivity index (χ1n) is 8.65. The van der Waals surface area contributed by atoms with Crippen LogP contribution in [0.3, 0.4) is 0 Å². The summed E-state index contributed by atoms with van der Waals surface area (Å²) in [7, 11) is 0. The lowest BCUT2D eigenvalue weighted by atomic mass is 9.93. The van der Waals surface area contributed by atoms with E-state index in [-0.39, 0.29) is 6.10 Å². The predicted octanol–water partition coefficient (Wildman–Crippen LogP) is 3.01. The van der Waals surface area contributed by atoms with Crippen molar-refractivity contribution >= 4 is 23.6 Å². The summed E-state index contributed by atoms with van der Waals surface area (Å²) in [6, 6.07) is 8.21. The Balaban J connectivity index is 1.54. The molecule has 1 aliphatic carbocycles. The lowest BCUT2D eigenvalue weighted by Gasteiger charge is -2.26. The van der Waals surface area contributed by atoms with Crippen molar-refractivity contribution in [2.24, 2.45) is 0 Å². The van der Waals surface area contributed by atoms with Gasteiger partial charge in [0.25, 0.3) is 0 Å². The number of imidazole rings is 1. The second kappa shape index (κ2) is 7.03. The molecule has 0 atom stereocenters. The molecule has 0 bridgehead atoms. The molecule has 1 fully saturated rings. The molecule has 0 amide bonds. The summed E-state index contributed by atoms with van der Waals surface area (Å²) < 4.78 is 1.84. The van der Waals surface area contributed by atoms with Crippen LogP contribution in [0.4, 0.5) is 5.82 Å². The van der Waals surface area contributed by atoms with Crippen molar-refractivity contribution in [3.8, 4) is 0 Å². The minimum Gasteiger partial charge on any atom is -0.393 e. The second-order valence-electron chi connectivity index (χ2n) is 6.44. The van der Waals surface area contributed by atoms with Crippen LogP contribution < -0.4 is 5.32 Å². The third-order valence-corrected chi connectivity index (χ3v) is 4.57. The zero-order valence-electron chi connectivity index (χ0n) is 13.9. The molecule has 2 N–H and O–H groups in total. The highest BCUT2D eigenvalue weighted by Crippen LogP contribution is 2.21. The molecule has 0 unspecified atom stereocenters. The number of rotatable bonds is 4. The third-order valence-electron chi connectivity index (χ3n) is 4.57. The number of aromatic nitrogens is 4. The number of anilines is 1. The molecule has 1 saturated carbocycles. The lowest BCUT2D eigenvalue weighted by molar-refractivity contribution is 0.126. The molecule has 0 aromatic carbocycles. The van der Waals surface area contributed by atoms with Gasteiger partial charge in [0.2, 0.25) is 0 Å². The third kappa shape index (κ3) is 3.69. The van der Waals surface area contributed by atoms with Crippen LogP contribution in [0, 0.1) is 0 Å². The first-order chi connectivity index (χ1) is 12.3. The van der Waals surface area contributed by atoms with E-state index in [0.717, 1.165) is 48.4 Å². The van der Waals surface area contributed by atoms with Gasteiger partial charge in [-0.15, -0.1) is 5.10 Å². The number of aliphatic hydroxyl groups is 1. The van der Waals surface area contributed by atoms with E-state index in [1.165, 1.54) is 0 Å². The van der Waals surface area contributed by atoms with Gasteiger partial charge in [0.15, 0.2) is 5.65 Å². The van der Waals surface area contributed by atoms with Crippen LogP contribution in [0.5, 0.6) is 0 Å². The van der Waals surface area contributed by atoms with Crippen molar-refractivity contribution in [2.45, 2.75) is 37.8 Å². The van der Waals surface area contributed by atoms with Gasteiger partial charge in [0, 0.05) is 18.4 Å². The number of hydrogen-bond acceptors (Lipinski definition) is 5. The number of hydrogen-bond donors (Lipinski definition) is 2. The van der Waals surface area contributed by atoms with Gasteiger partial charge in [-0.3, -0.25) is 4.98 Å². The van der Waals surface area contributed by atoms with Crippen LogP contribution in [0.25, 0.3) is 17.8 Å². The molecule has 0 saturated heterocycles. The minimum atomic E-state index is -0.147. The Labute approximate surface area is 146 Å². The standard InChI is InChI=1S/C19H21N5O/c25-17-7-4-15(5-8-17)22-18-9-10-19-21-13-16(24(19)23-18)6-3-14-2-1-11-20-12-14/h1-3,6,9-13,15,17,25H,4-5,7-8H2,(H,22,23)/b6-3+. The van der Waals surface area contributed by atoms with E-state index in [0.29, 0.717) is 6.04 Å². The van der Waals surface area contributed by atoms with Crippen molar-refractivity contribution in [2.75, 3.05) is 5.32 Å². The average molecular weight is 335 g/mol. The minimum absolute atomic E-state index is 0.147. The van der Waals surface area contributed by atoms with E-state index in [9.17, 15) is 5.11 Å². The normalized spacial score (nSPS) is 21.0. The van der Waals surface area contributed by atoms with Crippen molar-refractivity contribution < 1.29 is 5.11 Å². The van der Waals surface area contributed by atoms with Gasteiger partial charge in [-0.25, -0.2) is 9.50 Å². The SMILES string of the molecule is OC1CCC(Nc2ccc3ncc(/C=C/c4cccnc4)n3n2)CC1. The summed E-state index contributed by atoms with van der Waals surface area (Å²) in [5.74, 6) is 0.836. The zero-order valence-corrected chi connectivity index (χ0v) is 13.9. The Kier molecular flexibility index (Phi) is 4.43. The van der Waals surface area contributed by atoms with Gasteiger partial charge in [0.05, 0.1) is 18.0 Å². The van der Waals surface area contributed by atoms with Crippen LogP contribution in [0.15, 0.2) is 42.9 Å². The van der Waals surface area contributed by atoms with E-state index >= 15 is 0 Å². The van der Waals surface area contributed by atoms with Gasteiger partial charge >= 0.3 is 0 Å². The molecule has 0 radical (unpaired) electrons. The smallest absolute Gasteiger partial charge is 0.154 e. The average Bonchev–Trinajstić information content (AvgIpc) is 3.05. The summed E-state index contributed by atoms with van der Waals surface area (Å²) in [6.45, 7) is 0. The van der Waals surface area contributed by atoms with Crippen LogP contribution in [0.2, 0.25) is 0 Å². The van der Waals surface area contributed by atoms with E-state index in [4.69, 9.17) is 0 Å². The molecule has 3 heterocycles.